The average molecular weight is 343 g/mol. The molecule has 25 heavy (non-hydrogen) atoms. The van der Waals surface area contributed by atoms with Crippen LogP contribution in [-0.4, -0.2) is 5.71 Å². The predicted molar refractivity (Wildman–Crippen MR) is 110 cm³/mol. The third-order valence-corrected chi connectivity index (χ3v) is 4.64. The van der Waals surface area contributed by atoms with Gasteiger partial charge >= 0.3 is 0 Å². The third kappa shape index (κ3) is 4.94. The Hall–Kier alpha value is -2.58. The lowest BCUT2D eigenvalue weighted by Gasteiger charge is -2.06. The van der Waals surface area contributed by atoms with Crippen molar-refractivity contribution >= 4 is 23.2 Å². The lowest BCUT2D eigenvalue weighted by molar-refractivity contribution is 1.37. The summed E-state index contributed by atoms with van der Waals surface area (Å²) in [5.41, 5.74) is 5.60. The highest BCUT2D eigenvalue weighted by Gasteiger charge is 2.04. The van der Waals surface area contributed by atoms with Gasteiger partial charge in [-0.25, -0.2) is 4.99 Å². The van der Waals surface area contributed by atoms with E-state index in [-0.39, 0.29) is 0 Å². The minimum Gasteiger partial charge on any atom is -0.248 e. The second-order valence-electron chi connectivity index (χ2n) is 5.88. The normalized spacial score (nSPS) is 11.8. The molecule has 124 valence electrons. The van der Waals surface area contributed by atoms with Gasteiger partial charge in [0.15, 0.2) is 0 Å². The Morgan fingerprint density at radius 2 is 1.60 bits per heavy atom. The smallest absolute Gasteiger partial charge is 0.0717 e. The van der Waals surface area contributed by atoms with E-state index in [1.165, 1.54) is 16.0 Å². The van der Waals surface area contributed by atoms with Crippen molar-refractivity contribution in [2.45, 2.75) is 18.7 Å². The first-order chi connectivity index (χ1) is 12.2. The second kappa shape index (κ2) is 8.50. The quantitative estimate of drug-likeness (QED) is 0.369. The zero-order valence-electron chi connectivity index (χ0n) is 14.5. The molecule has 0 amide bonds. The second-order valence-corrected chi connectivity index (χ2v) is 6.86. The molecule has 3 rings (SSSR count). The number of nitrogens with zero attached hydrogens (tertiary/aromatic N) is 1. The molecule has 0 heterocycles. The lowest BCUT2D eigenvalue weighted by Crippen LogP contribution is -1.99. The number of aliphatic imine (C=N–C) groups is 1. The van der Waals surface area contributed by atoms with Crippen molar-refractivity contribution in [1.82, 2.24) is 0 Å². The first-order valence-electron chi connectivity index (χ1n) is 8.32. The molecular formula is C23H21NS. The molecule has 0 atom stereocenters. The van der Waals surface area contributed by atoms with Gasteiger partial charge in [-0.05, 0) is 55.2 Å². The number of rotatable bonds is 5. The molecule has 0 aliphatic rings. The molecule has 0 unspecified atom stereocenters. The van der Waals surface area contributed by atoms with Gasteiger partial charge in [-0.2, -0.15) is 0 Å². The van der Waals surface area contributed by atoms with Gasteiger partial charge in [0.1, 0.15) is 0 Å². The maximum absolute atomic E-state index is 4.85. The zero-order valence-corrected chi connectivity index (χ0v) is 15.3. The Morgan fingerprint density at radius 1 is 0.840 bits per heavy atom. The van der Waals surface area contributed by atoms with Crippen LogP contribution in [0.3, 0.4) is 0 Å². The van der Waals surface area contributed by atoms with Gasteiger partial charge in [-0.1, -0.05) is 71.9 Å². The number of aryl methyl sites for hydroxylation is 2. The molecule has 2 heteroatoms. The average Bonchev–Trinajstić information content (AvgIpc) is 2.62. The van der Waals surface area contributed by atoms with Crippen molar-refractivity contribution in [3.63, 3.8) is 0 Å². The topological polar surface area (TPSA) is 12.4 Å². The highest BCUT2D eigenvalue weighted by Crippen LogP contribution is 2.22. The van der Waals surface area contributed by atoms with E-state index in [1.54, 1.807) is 11.8 Å². The van der Waals surface area contributed by atoms with E-state index in [2.05, 4.69) is 73.9 Å². The Bertz CT molecular complexity index is 895. The van der Waals surface area contributed by atoms with Crippen molar-refractivity contribution in [3.8, 4) is 0 Å². The number of thioether (sulfide) groups is 1. The summed E-state index contributed by atoms with van der Waals surface area (Å²) in [4.78, 5) is 6.09. The summed E-state index contributed by atoms with van der Waals surface area (Å²) in [6, 6.07) is 27.0. The molecule has 0 bridgehead atoms. The maximum atomic E-state index is 4.85. The minimum atomic E-state index is 0.964. The van der Waals surface area contributed by atoms with Crippen LogP contribution in [0.25, 0.3) is 0 Å². The summed E-state index contributed by atoms with van der Waals surface area (Å²) in [5, 5.41) is 2.11. The van der Waals surface area contributed by atoms with Gasteiger partial charge in [-0.3, -0.25) is 0 Å². The molecule has 0 radical (unpaired) electrons. The standard InChI is InChI=1S/C23H21NS/c1-18-9-8-13-21(17-18)25-16-15-23(22-14-7-6-10-19(22)2)24-20-11-4-3-5-12-20/h3-17H,1-2H3. The molecule has 0 aliphatic carbocycles. The van der Waals surface area contributed by atoms with E-state index in [4.69, 9.17) is 4.99 Å². The number of hydrogen-bond acceptors (Lipinski definition) is 2. The summed E-state index contributed by atoms with van der Waals surface area (Å²) in [6.07, 6.45) is 2.10. The van der Waals surface area contributed by atoms with E-state index in [0.29, 0.717) is 0 Å². The maximum Gasteiger partial charge on any atom is 0.0717 e. The van der Waals surface area contributed by atoms with Crippen LogP contribution >= 0.6 is 11.8 Å². The van der Waals surface area contributed by atoms with E-state index in [0.717, 1.165) is 17.0 Å². The Balaban J connectivity index is 1.90. The fraction of sp³-hybridized carbons (Fsp3) is 0.0870. The highest BCUT2D eigenvalue weighted by molar-refractivity contribution is 8.02. The van der Waals surface area contributed by atoms with Crippen LogP contribution in [0, 0.1) is 13.8 Å². The van der Waals surface area contributed by atoms with Crippen molar-refractivity contribution < 1.29 is 0 Å². The predicted octanol–water partition coefficient (Wildman–Crippen LogP) is 6.73. The van der Waals surface area contributed by atoms with Crippen molar-refractivity contribution in [2.75, 3.05) is 0 Å². The zero-order chi connectivity index (χ0) is 17.5. The SMILES string of the molecule is Cc1cccc(SC=CC(=Nc2ccccc2)c2ccccc2C)c1. The van der Waals surface area contributed by atoms with E-state index in [1.807, 2.05) is 30.3 Å². The molecule has 0 aromatic heterocycles. The summed E-state index contributed by atoms with van der Waals surface area (Å²) >= 11 is 1.71. The fourth-order valence-corrected chi connectivity index (χ4v) is 3.32. The van der Waals surface area contributed by atoms with E-state index in [9.17, 15) is 0 Å². The summed E-state index contributed by atoms with van der Waals surface area (Å²) < 4.78 is 0. The van der Waals surface area contributed by atoms with Crippen molar-refractivity contribution in [1.29, 1.82) is 0 Å². The molecule has 3 aromatic carbocycles. The molecule has 0 aliphatic heterocycles. The van der Waals surface area contributed by atoms with Gasteiger partial charge < -0.3 is 0 Å². The van der Waals surface area contributed by atoms with Gasteiger partial charge in [0.2, 0.25) is 0 Å². The van der Waals surface area contributed by atoms with Crippen LogP contribution in [0.1, 0.15) is 16.7 Å². The largest absolute Gasteiger partial charge is 0.248 e. The molecule has 1 nitrogen and oxygen atoms in total. The third-order valence-electron chi connectivity index (χ3n) is 3.85. The van der Waals surface area contributed by atoms with Gasteiger partial charge in [0.25, 0.3) is 0 Å². The Kier molecular flexibility index (Phi) is 5.86. The molecule has 0 saturated heterocycles. The van der Waals surface area contributed by atoms with Crippen LogP contribution in [-0.2, 0) is 0 Å². The van der Waals surface area contributed by atoms with Crippen LogP contribution in [0.15, 0.2) is 100 Å². The minimum absolute atomic E-state index is 0.964. The lowest BCUT2D eigenvalue weighted by atomic mass is 10.0. The monoisotopic (exact) mass is 343 g/mol. The van der Waals surface area contributed by atoms with Crippen LogP contribution in [0.5, 0.6) is 0 Å². The van der Waals surface area contributed by atoms with E-state index < -0.39 is 0 Å². The molecule has 0 fully saturated rings. The first kappa shape index (κ1) is 17.2. The number of allylic oxidation sites excluding steroid dienone is 1. The van der Waals surface area contributed by atoms with E-state index >= 15 is 0 Å². The molecule has 3 aromatic rings. The highest BCUT2D eigenvalue weighted by atomic mass is 32.2. The number of benzene rings is 3. The molecule has 0 spiro atoms. The number of hydrogen-bond donors (Lipinski definition) is 0. The number of para-hydroxylation sites is 1. The molecular weight excluding hydrogens is 322 g/mol. The van der Waals surface area contributed by atoms with Crippen LogP contribution in [0.2, 0.25) is 0 Å². The first-order valence-corrected chi connectivity index (χ1v) is 9.20. The summed E-state index contributed by atoms with van der Waals surface area (Å²) in [5.74, 6) is 0. The van der Waals surface area contributed by atoms with Crippen molar-refractivity contribution in [3.05, 3.63) is 107 Å². The Labute approximate surface area is 154 Å². The van der Waals surface area contributed by atoms with Crippen LogP contribution < -0.4 is 0 Å². The van der Waals surface area contributed by atoms with Gasteiger partial charge in [0, 0.05) is 10.5 Å². The molecule has 0 N–H and O–H groups in total. The summed E-state index contributed by atoms with van der Waals surface area (Å²) in [6.45, 7) is 4.24. The molecule has 0 saturated carbocycles. The van der Waals surface area contributed by atoms with Gasteiger partial charge in [-0.15, -0.1) is 0 Å². The Morgan fingerprint density at radius 3 is 2.36 bits per heavy atom. The van der Waals surface area contributed by atoms with Crippen molar-refractivity contribution in [2.24, 2.45) is 4.99 Å². The summed E-state index contributed by atoms with van der Waals surface area (Å²) in [7, 11) is 0. The van der Waals surface area contributed by atoms with Crippen LogP contribution in [0.4, 0.5) is 5.69 Å². The fourth-order valence-electron chi connectivity index (χ4n) is 2.55. The van der Waals surface area contributed by atoms with Gasteiger partial charge in [0.05, 0.1) is 11.4 Å².